The van der Waals surface area contributed by atoms with E-state index >= 15 is 0 Å². The fourth-order valence-electron chi connectivity index (χ4n) is 1.74. The first-order valence-electron chi connectivity index (χ1n) is 6.84. The van der Waals surface area contributed by atoms with Crippen LogP contribution in [-0.4, -0.2) is 26.1 Å². The molecule has 2 heterocycles. The molecule has 0 spiro atoms. The van der Waals surface area contributed by atoms with Gasteiger partial charge in [0.2, 0.25) is 5.91 Å². The second kappa shape index (κ2) is 5.87. The van der Waals surface area contributed by atoms with Crippen LogP contribution in [0.4, 0.5) is 0 Å². The van der Waals surface area contributed by atoms with Crippen molar-refractivity contribution in [3.63, 3.8) is 0 Å². The van der Waals surface area contributed by atoms with E-state index in [0.29, 0.717) is 0 Å². The first-order chi connectivity index (χ1) is 9.43. The highest BCUT2D eigenvalue weighted by Crippen LogP contribution is 2.23. The van der Waals surface area contributed by atoms with Crippen molar-refractivity contribution in [1.29, 1.82) is 0 Å². The van der Waals surface area contributed by atoms with E-state index in [-0.39, 0.29) is 16.7 Å². The van der Waals surface area contributed by atoms with Gasteiger partial charge in [-0.05, 0) is 39.3 Å². The van der Waals surface area contributed by atoms with E-state index in [1.807, 2.05) is 55.8 Å². The monoisotopic (exact) mass is 291 g/mol. The van der Waals surface area contributed by atoms with Gasteiger partial charge in [0.1, 0.15) is 0 Å². The van der Waals surface area contributed by atoms with E-state index in [2.05, 4.69) is 17.2 Å². The summed E-state index contributed by atoms with van der Waals surface area (Å²) < 4.78 is 2.00. The van der Waals surface area contributed by atoms with Crippen LogP contribution in [0.5, 0.6) is 0 Å². The highest BCUT2D eigenvalue weighted by molar-refractivity contribution is 8.00. The van der Waals surface area contributed by atoms with E-state index in [0.717, 1.165) is 17.1 Å². The zero-order chi connectivity index (χ0) is 14.8. The fraction of sp³-hybridized carbons (Fsp3) is 0.467. The van der Waals surface area contributed by atoms with Gasteiger partial charge in [-0.1, -0.05) is 24.8 Å². The number of hydrogen-bond donors (Lipinski definition) is 1. The number of nitrogens with zero attached hydrogens (tertiary/aromatic N) is 2. The van der Waals surface area contributed by atoms with Gasteiger partial charge in [-0.3, -0.25) is 9.20 Å². The molecular formula is C15H21N3OS. The quantitative estimate of drug-likeness (QED) is 0.861. The molecule has 4 nitrogen and oxygen atoms in total. The highest BCUT2D eigenvalue weighted by Gasteiger charge is 2.23. The molecule has 0 aliphatic heterocycles. The molecule has 0 fully saturated rings. The number of aromatic nitrogens is 2. The van der Waals surface area contributed by atoms with Gasteiger partial charge in [-0.15, -0.1) is 0 Å². The molecule has 20 heavy (non-hydrogen) atoms. The minimum atomic E-state index is -0.174. The van der Waals surface area contributed by atoms with Crippen molar-refractivity contribution in [3.05, 3.63) is 30.6 Å². The van der Waals surface area contributed by atoms with Crippen LogP contribution in [0.15, 0.2) is 35.7 Å². The summed E-state index contributed by atoms with van der Waals surface area (Å²) in [6.07, 6.45) is 4.69. The van der Waals surface area contributed by atoms with Crippen molar-refractivity contribution in [1.82, 2.24) is 14.7 Å². The molecule has 0 aromatic carbocycles. The number of amides is 1. The predicted octanol–water partition coefficient (Wildman–Crippen LogP) is 3.12. The van der Waals surface area contributed by atoms with Crippen molar-refractivity contribution >= 4 is 23.2 Å². The Balaban J connectivity index is 2.08. The Kier molecular flexibility index (Phi) is 4.38. The molecule has 2 rings (SSSR count). The minimum Gasteiger partial charge on any atom is -0.350 e. The molecule has 1 amide bonds. The zero-order valence-corrected chi connectivity index (χ0v) is 13.2. The van der Waals surface area contributed by atoms with Gasteiger partial charge in [0.05, 0.1) is 17.0 Å². The Morgan fingerprint density at radius 1 is 1.50 bits per heavy atom. The summed E-state index contributed by atoms with van der Waals surface area (Å²) in [6, 6.07) is 5.94. The molecule has 1 atom stereocenters. The summed E-state index contributed by atoms with van der Waals surface area (Å²) in [5, 5.41) is 3.74. The first-order valence-corrected chi connectivity index (χ1v) is 7.71. The topological polar surface area (TPSA) is 46.4 Å². The Morgan fingerprint density at radius 2 is 2.25 bits per heavy atom. The second-order valence-corrected chi connectivity index (χ2v) is 6.83. The van der Waals surface area contributed by atoms with Gasteiger partial charge in [-0.25, -0.2) is 4.98 Å². The van der Waals surface area contributed by atoms with Crippen molar-refractivity contribution in [2.24, 2.45) is 0 Å². The summed E-state index contributed by atoms with van der Waals surface area (Å²) in [6.45, 7) is 8.05. The number of pyridine rings is 1. The number of fused-ring (bicyclic) bond motifs is 1. The normalized spacial score (nSPS) is 13.4. The van der Waals surface area contributed by atoms with Crippen LogP contribution in [0.3, 0.4) is 0 Å². The summed E-state index contributed by atoms with van der Waals surface area (Å²) in [5.41, 5.74) is 0.872. The number of thioether (sulfide) groups is 1. The van der Waals surface area contributed by atoms with Crippen LogP contribution >= 0.6 is 11.8 Å². The maximum atomic E-state index is 12.2. The van der Waals surface area contributed by atoms with Crippen LogP contribution < -0.4 is 5.32 Å². The molecular weight excluding hydrogens is 270 g/mol. The van der Waals surface area contributed by atoms with Crippen molar-refractivity contribution in [3.8, 4) is 0 Å². The molecule has 0 saturated carbocycles. The molecule has 0 bridgehead atoms. The lowest BCUT2D eigenvalue weighted by molar-refractivity contribution is -0.121. The molecule has 108 valence electrons. The second-order valence-electron chi connectivity index (χ2n) is 5.52. The molecule has 1 unspecified atom stereocenters. The lowest BCUT2D eigenvalue weighted by Gasteiger charge is -2.26. The average Bonchev–Trinajstić information content (AvgIpc) is 2.82. The van der Waals surface area contributed by atoms with Crippen molar-refractivity contribution < 1.29 is 4.79 Å². The Hall–Kier alpha value is -1.49. The SMILES string of the molecule is CCC(C)(C)NC(=O)C(C)Sc1ncc2ccccn12. The van der Waals surface area contributed by atoms with E-state index < -0.39 is 0 Å². The zero-order valence-electron chi connectivity index (χ0n) is 12.4. The fourth-order valence-corrected chi connectivity index (χ4v) is 2.62. The summed E-state index contributed by atoms with van der Waals surface area (Å²) >= 11 is 1.48. The predicted molar refractivity (Wildman–Crippen MR) is 83.0 cm³/mol. The van der Waals surface area contributed by atoms with E-state index in [4.69, 9.17) is 0 Å². The molecule has 2 aromatic heterocycles. The molecule has 2 aromatic rings. The van der Waals surface area contributed by atoms with Gasteiger partial charge in [0, 0.05) is 11.7 Å². The van der Waals surface area contributed by atoms with Crippen LogP contribution in [-0.2, 0) is 4.79 Å². The van der Waals surface area contributed by atoms with E-state index in [1.54, 1.807) is 0 Å². The molecule has 0 saturated heterocycles. The van der Waals surface area contributed by atoms with Crippen LogP contribution in [0.25, 0.3) is 5.52 Å². The van der Waals surface area contributed by atoms with Gasteiger partial charge in [0.15, 0.2) is 5.16 Å². The third-order valence-corrected chi connectivity index (χ3v) is 4.48. The standard InChI is InChI=1S/C15H21N3OS/c1-5-15(3,4)17-13(19)11(2)20-14-16-10-12-8-6-7-9-18(12)14/h6-11H,5H2,1-4H3,(H,17,19). The number of hydrogen-bond acceptors (Lipinski definition) is 3. The smallest absolute Gasteiger partial charge is 0.233 e. The summed E-state index contributed by atoms with van der Waals surface area (Å²) in [4.78, 5) is 16.6. The maximum Gasteiger partial charge on any atom is 0.233 e. The Labute approximate surface area is 124 Å². The van der Waals surface area contributed by atoms with Crippen LogP contribution in [0.2, 0.25) is 0 Å². The summed E-state index contributed by atoms with van der Waals surface area (Å²) in [7, 11) is 0. The highest BCUT2D eigenvalue weighted by atomic mass is 32.2. The lowest BCUT2D eigenvalue weighted by atomic mass is 10.0. The minimum absolute atomic E-state index is 0.0505. The van der Waals surface area contributed by atoms with Gasteiger partial charge < -0.3 is 5.32 Å². The van der Waals surface area contributed by atoms with E-state index in [9.17, 15) is 4.79 Å². The molecule has 0 aliphatic rings. The van der Waals surface area contributed by atoms with Crippen LogP contribution in [0, 0.1) is 0 Å². The van der Waals surface area contributed by atoms with Gasteiger partial charge >= 0.3 is 0 Å². The average molecular weight is 291 g/mol. The molecule has 1 N–H and O–H groups in total. The van der Waals surface area contributed by atoms with Gasteiger partial charge in [0.25, 0.3) is 0 Å². The largest absolute Gasteiger partial charge is 0.350 e. The van der Waals surface area contributed by atoms with Crippen molar-refractivity contribution in [2.45, 2.75) is 50.1 Å². The van der Waals surface area contributed by atoms with Gasteiger partial charge in [-0.2, -0.15) is 0 Å². The molecule has 5 heteroatoms. The number of carbonyl (C=O) groups excluding carboxylic acids is 1. The molecule has 0 radical (unpaired) electrons. The maximum absolute atomic E-state index is 12.2. The number of imidazole rings is 1. The Bertz CT molecular complexity index is 606. The number of carbonyl (C=O) groups is 1. The van der Waals surface area contributed by atoms with E-state index in [1.165, 1.54) is 11.8 Å². The number of nitrogens with one attached hydrogen (secondary N) is 1. The summed E-state index contributed by atoms with van der Waals surface area (Å²) in [5.74, 6) is 0.0505. The number of rotatable bonds is 5. The molecule has 0 aliphatic carbocycles. The Morgan fingerprint density at radius 3 is 2.95 bits per heavy atom. The van der Waals surface area contributed by atoms with Crippen LogP contribution in [0.1, 0.15) is 34.1 Å². The first kappa shape index (κ1) is 14.9. The lowest BCUT2D eigenvalue weighted by Crippen LogP contribution is -2.46. The third-order valence-electron chi connectivity index (χ3n) is 3.40. The van der Waals surface area contributed by atoms with Crippen molar-refractivity contribution in [2.75, 3.05) is 0 Å². The third kappa shape index (κ3) is 3.33.